The zero-order valence-corrected chi connectivity index (χ0v) is 9.47. The van der Waals surface area contributed by atoms with E-state index in [-0.39, 0.29) is 0 Å². The van der Waals surface area contributed by atoms with Gasteiger partial charge in [-0.2, -0.15) is 5.10 Å². The monoisotopic (exact) mass is 214 g/mol. The summed E-state index contributed by atoms with van der Waals surface area (Å²) in [5.41, 5.74) is 3.15. The van der Waals surface area contributed by atoms with Crippen molar-refractivity contribution >= 4 is 6.08 Å². The second-order valence-electron chi connectivity index (χ2n) is 3.57. The van der Waals surface area contributed by atoms with Gasteiger partial charge in [0.05, 0.1) is 13.3 Å². The van der Waals surface area contributed by atoms with Gasteiger partial charge in [-0.15, -0.1) is 0 Å². The summed E-state index contributed by atoms with van der Waals surface area (Å²) in [6.07, 6.45) is 5.61. The van der Waals surface area contributed by atoms with Crippen LogP contribution in [-0.2, 0) is 7.05 Å². The van der Waals surface area contributed by atoms with E-state index in [4.69, 9.17) is 4.74 Å². The molecule has 1 aromatic carbocycles. The molecule has 0 amide bonds. The average Bonchev–Trinajstić information content (AvgIpc) is 2.75. The summed E-state index contributed by atoms with van der Waals surface area (Å²) >= 11 is 0. The number of hydrogen-bond acceptors (Lipinski definition) is 2. The highest BCUT2D eigenvalue weighted by Gasteiger charge is 2.07. The van der Waals surface area contributed by atoms with E-state index in [2.05, 4.69) is 11.7 Å². The Labute approximate surface area is 95.0 Å². The molecular formula is C13H14N2O. The molecule has 2 aromatic rings. The Bertz CT molecular complexity index is 514. The summed E-state index contributed by atoms with van der Waals surface area (Å²) in [6, 6.07) is 5.97. The lowest BCUT2D eigenvalue weighted by Gasteiger charge is -2.07. The second-order valence-corrected chi connectivity index (χ2v) is 3.57. The standard InChI is InChI=1S/C13H14N2O/c1-4-10-5-6-13(16-3)12(7-10)11-8-14-15(2)9-11/h4-9H,1H2,2-3H3. The molecule has 1 heterocycles. The Morgan fingerprint density at radius 1 is 1.44 bits per heavy atom. The third-order valence-electron chi connectivity index (χ3n) is 2.48. The number of aryl methyl sites for hydroxylation is 1. The minimum Gasteiger partial charge on any atom is -0.496 e. The fraction of sp³-hybridized carbons (Fsp3) is 0.154. The van der Waals surface area contributed by atoms with Crippen LogP contribution in [0, 0.1) is 0 Å². The molecule has 0 unspecified atom stereocenters. The van der Waals surface area contributed by atoms with Crippen LogP contribution in [-0.4, -0.2) is 16.9 Å². The Morgan fingerprint density at radius 3 is 2.81 bits per heavy atom. The molecule has 82 valence electrons. The van der Waals surface area contributed by atoms with Crippen molar-refractivity contribution in [3.8, 4) is 16.9 Å². The number of benzene rings is 1. The quantitative estimate of drug-likeness (QED) is 0.785. The minimum absolute atomic E-state index is 0.846. The van der Waals surface area contributed by atoms with Gasteiger partial charge in [0.2, 0.25) is 0 Å². The number of ether oxygens (including phenoxy) is 1. The first kappa shape index (κ1) is 10.5. The Balaban J connectivity index is 2.56. The van der Waals surface area contributed by atoms with E-state index in [0.717, 1.165) is 22.4 Å². The Kier molecular flexibility index (Phi) is 2.77. The van der Waals surface area contributed by atoms with Crippen LogP contribution >= 0.6 is 0 Å². The van der Waals surface area contributed by atoms with Crippen LogP contribution in [0.15, 0.2) is 37.2 Å². The molecule has 0 atom stereocenters. The van der Waals surface area contributed by atoms with Crippen molar-refractivity contribution in [1.82, 2.24) is 9.78 Å². The zero-order valence-electron chi connectivity index (χ0n) is 9.47. The predicted octanol–water partition coefficient (Wildman–Crippen LogP) is 2.74. The van der Waals surface area contributed by atoms with E-state index < -0.39 is 0 Å². The van der Waals surface area contributed by atoms with E-state index in [1.54, 1.807) is 11.8 Å². The fourth-order valence-corrected chi connectivity index (χ4v) is 1.64. The molecule has 0 spiro atoms. The van der Waals surface area contributed by atoms with E-state index in [1.807, 2.05) is 43.7 Å². The summed E-state index contributed by atoms with van der Waals surface area (Å²) in [5.74, 6) is 0.846. The molecule has 0 aliphatic rings. The minimum atomic E-state index is 0.846. The van der Waals surface area contributed by atoms with Crippen LogP contribution in [0.2, 0.25) is 0 Å². The van der Waals surface area contributed by atoms with Crippen molar-refractivity contribution in [1.29, 1.82) is 0 Å². The summed E-state index contributed by atoms with van der Waals surface area (Å²) < 4.78 is 7.11. The number of aromatic nitrogens is 2. The Morgan fingerprint density at radius 2 is 2.25 bits per heavy atom. The summed E-state index contributed by atoms with van der Waals surface area (Å²) in [6.45, 7) is 3.76. The summed E-state index contributed by atoms with van der Waals surface area (Å²) in [4.78, 5) is 0. The van der Waals surface area contributed by atoms with Gasteiger partial charge in [-0.1, -0.05) is 18.7 Å². The molecule has 0 radical (unpaired) electrons. The molecule has 16 heavy (non-hydrogen) atoms. The third-order valence-corrected chi connectivity index (χ3v) is 2.48. The molecule has 0 aliphatic carbocycles. The maximum absolute atomic E-state index is 5.34. The van der Waals surface area contributed by atoms with Gasteiger partial charge in [0.1, 0.15) is 5.75 Å². The molecule has 3 nitrogen and oxygen atoms in total. The topological polar surface area (TPSA) is 27.1 Å². The molecule has 0 saturated heterocycles. The lowest BCUT2D eigenvalue weighted by Crippen LogP contribution is -1.88. The lowest BCUT2D eigenvalue weighted by molar-refractivity contribution is 0.416. The largest absolute Gasteiger partial charge is 0.496 e. The fourth-order valence-electron chi connectivity index (χ4n) is 1.64. The Hall–Kier alpha value is -2.03. The second kappa shape index (κ2) is 4.23. The zero-order chi connectivity index (χ0) is 11.5. The molecule has 0 bridgehead atoms. The number of nitrogens with zero attached hydrogens (tertiary/aromatic N) is 2. The first-order valence-electron chi connectivity index (χ1n) is 5.04. The van der Waals surface area contributed by atoms with Gasteiger partial charge < -0.3 is 4.74 Å². The molecular weight excluding hydrogens is 200 g/mol. The summed E-state index contributed by atoms with van der Waals surface area (Å²) in [7, 11) is 3.57. The van der Waals surface area contributed by atoms with Gasteiger partial charge >= 0.3 is 0 Å². The number of hydrogen-bond donors (Lipinski definition) is 0. The molecule has 0 saturated carbocycles. The maximum Gasteiger partial charge on any atom is 0.126 e. The van der Waals surface area contributed by atoms with Crippen LogP contribution in [0.4, 0.5) is 0 Å². The maximum atomic E-state index is 5.34. The first-order chi connectivity index (χ1) is 7.74. The smallest absolute Gasteiger partial charge is 0.126 e. The van der Waals surface area contributed by atoms with Gasteiger partial charge in [-0.3, -0.25) is 4.68 Å². The van der Waals surface area contributed by atoms with E-state index in [0.29, 0.717) is 0 Å². The van der Waals surface area contributed by atoms with Gasteiger partial charge in [-0.25, -0.2) is 0 Å². The van der Waals surface area contributed by atoms with Crippen LogP contribution < -0.4 is 4.74 Å². The van der Waals surface area contributed by atoms with Crippen molar-refractivity contribution in [2.45, 2.75) is 0 Å². The van der Waals surface area contributed by atoms with E-state index in [1.165, 1.54) is 0 Å². The molecule has 0 aliphatic heterocycles. The highest BCUT2D eigenvalue weighted by atomic mass is 16.5. The van der Waals surface area contributed by atoms with Crippen LogP contribution in [0.3, 0.4) is 0 Å². The molecule has 0 N–H and O–H groups in total. The van der Waals surface area contributed by atoms with E-state index in [9.17, 15) is 0 Å². The van der Waals surface area contributed by atoms with Crippen molar-refractivity contribution in [3.05, 3.63) is 42.7 Å². The number of methoxy groups -OCH3 is 1. The number of rotatable bonds is 3. The van der Waals surface area contributed by atoms with Crippen LogP contribution in [0.25, 0.3) is 17.2 Å². The summed E-state index contributed by atoms with van der Waals surface area (Å²) in [5, 5.41) is 4.16. The van der Waals surface area contributed by atoms with Gasteiger partial charge in [0, 0.05) is 24.4 Å². The van der Waals surface area contributed by atoms with Crippen LogP contribution in [0.1, 0.15) is 5.56 Å². The van der Waals surface area contributed by atoms with Gasteiger partial charge in [0.15, 0.2) is 0 Å². The molecule has 0 fully saturated rings. The highest BCUT2D eigenvalue weighted by Crippen LogP contribution is 2.30. The van der Waals surface area contributed by atoms with Crippen LogP contribution in [0.5, 0.6) is 5.75 Å². The SMILES string of the molecule is C=Cc1ccc(OC)c(-c2cnn(C)c2)c1. The third kappa shape index (κ3) is 1.84. The predicted molar refractivity (Wildman–Crippen MR) is 65.3 cm³/mol. The molecule has 3 heteroatoms. The normalized spacial score (nSPS) is 10.1. The molecule has 1 aromatic heterocycles. The highest BCUT2D eigenvalue weighted by molar-refractivity contribution is 5.72. The first-order valence-corrected chi connectivity index (χ1v) is 5.04. The van der Waals surface area contributed by atoms with Crippen molar-refractivity contribution < 1.29 is 4.74 Å². The lowest BCUT2D eigenvalue weighted by atomic mass is 10.0. The average molecular weight is 214 g/mol. The van der Waals surface area contributed by atoms with Crippen molar-refractivity contribution in [3.63, 3.8) is 0 Å². The van der Waals surface area contributed by atoms with E-state index >= 15 is 0 Å². The molecule has 2 rings (SSSR count). The van der Waals surface area contributed by atoms with Gasteiger partial charge in [0.25, 0.3) is 0 Å². The van der Waals surface area contributed by atoms with Crippen molar-refractivity contribution in [2.24, 2.45) is 7.05 Å². The van der Waals surface area contributed by atoms with Gasteiger partial charge in [-0.05, 0) is 17.7 Å². The van der Waals surface area contributed by atoms with Crippen molar-refractivity contribution in [2.75, 3.05) is 7.11 Å².